The highest BCUT2D eigenvalue weighted by atomic mass is 16.4. The van der Waals surface area contributed by atoms with Gasteiger partial charge in [0.15, 0.2) is 5.96 Å². The molecule has 2 rings (SSSR count). The van der Waals surface area contributed by atoms with Crippen molar-refractivity contribution in [3.8, 4) is 0 Å². The Morgan fingerprint density at radius 3 is 2.50 bits per heavy atom. The number of carbonyl (C=O) groups is 3. The Morgan fingerprint density at radius 2 is 1.83 bits per heavy atom. The first kappa shape index (κ1) is 22.4. The molecule has 9 nitrogen and oxygen atoms in total. The highest BCUT2D eigenvalue weighted by Gasteiger charge is 2.20. The van der Waals surface area contributed by atoms with E-state index in [1.54, 1.807) is 18.2 Å². The van der Waals surface area contributed by atoms with Gasteiger partial charge in [-0.1, -0.05) is 29.8 Å². The summed E-state index contributed by atoms with van der Waals surface area (Å²) in [7, 11) is 0. The zero-order valence-electron chi connectivity index (χ0n) is 16.8. The van der Waals surface area contributed by atoms with Crippen LogP contribution in [0.3, 0.4) is 0 Å². The second kappa shape index (κ2) is 10.1. The third-order valence-electron chi connectivity index (χ3n) is 4.30. The lowest BCUT2D eigenvalue weighted by Crippen LogP contribution is -2.39. The zero-order valence-corrected chi connectivity index (χ0v) is 16.8. The van der Waals surface area contributed by atoms with Gasteiger partial charge in [-0.2, -0.15) is 0 Å². The van der Waals surface area contributed by atoms with Gasteiger partial charge in [-0.15, -0.1) is 0 Å². The first-order valence-corrected chi connectivity index (χ1v) is 9.22. The number of nitrogens with two attached hydrogens (primary N) is 2. The largest absolute Gasteiger partial charge is 0.481 e. The molecule has 2 aromatic carbocycles. The van der Waals surface area contributed by atoms with Crippen LogP contribution < -0.4 is 22.1 Å². The van der Waals surface area contributed by atoms with Crippen molar-refractivity contribution in [3.63, 3.8) is 0 Å². The van der Waals surface area contributed by atoms with Crippen LogP contribution in [0.1, 0.15) is 39.5 Å². The summed E-state index contributed by atoms with van der Waals surface area (Å²) in [5, 5.41) is 14.4. The number of amides is 2. The molecule has 2 amide bonds. The SMILES string of the molecule is Cc1ccc(C)c(C(CC(=O)O)NC(=O)CNC(=O)c2cccc(N=C(N)N)c2)c1. The van der Waals surface area contributed by atoms with E-state index in [1.807, 2.05) is 32.0 Å². The lowest BCUT2D eigenvalue weighted by molar-refractivity contribution is -0.137. The smallest absolute Gasteiger partial charge is 0.305 e. The van der Waals surface area contributed by atoms with Crippen LogP contribution in [0.5, 0.6) is 0 Å². The number of carbonyl (C=O) groups excluding carboxylic acids is 2. The summed E-state index contributed by atoms with van der Waals surface area (Å²) in [6.45, 7) is 3.42. The molecule has 7 N–H and O–H groups in total. The summed E-state index contributed by atoms with van der Waals surface area (Å²) < 4.78 is 0. The monoisotopic (exact) mass is 411 g/mol. The van der Waals surface area contributed by atoms with Gasteiger partial charge in [0, 0.05) is 5.56 Å². The third-order valence-corrected chi connectivity index (χ3v) is 4.30. The maximum Gasteiger partial charge on any atom is 0.305 e. The molecule has 0 spiro atoms. The zero-order chi connectivity index (χ0) is 22.3. The van der Waals surface area contributed by atoms with Gasteiger partial charge >= 0.3 is 5.97 Å². The van der Waals surface area contributed by atoms with Gasteiger partial charge in [-0.25, -0.2) is 4.99 Å². The molecule has 0 bridgehead atoms. The predicted octanol–water partition coefficient (Wildman–Crippen LogP) is 1.27. The van der Waals surface area contributed by atoms with Crippen molar-refractivity contribution in [1.29, 1.82) is 0 Å². The van der Waals surface area contributed by atoms with E-state index in [1.165, 1.54) is 6.07 Å². The van der Waals surface area contributed by atoms with Gasteiger partial charge in [0.25, 0.3) is 5.91 Å². The van der Waals surface area contributed by atoms with Crippen molar-refractivity contribution in [1.82, 2.24) is 10.6 Å². The molecule has 1 atom stereocenters. The number of aliphatic imine (C=N–C) groups is 1. The van der Waals surface area contributed by atoms with Crippen LogP contribution in [-0.4, -0.2) is 35.4 Å². The number of nitrogens with zero attached hydrogens (tertiary/aromatic N) is 1. The number of carboxylic acid groups (broad SMARTS) is 1. The van der Waals surface area contributed by atoms with Crippen LogP contribution in [0.4, 0.5) is 5.69 Å². The molecular weight excluding hydrogens is 386 g/mol. The molecule has 1 unspecified atom stereocenters. The minimum atomic E-state index is -1.04. The second-order valence-electron chi connectivity index (χ2n) is 6.85. The Kier molecular flexibility index (Phi) is 7.51. The average molecular weight is 411 g/mol. The molecule has 30 heavy (non-hydrogen) atoms. The number of aryl methyl sites for hydroxylation is 2. The van der Waals surface area contributed by atoms with Gasteiger partial charge in [0.2, 0.25) is 5.91 Å². The summed E-state index contributed by atoms with van der Waals surface area (Å²) in [6, 6.07) is 11.2. The van der Waals surface area contributed by atoms with Gasteiger partial charge in [0.1, 0.15) is 0 Å². The minimum Gasteiger partial charge on any atom is -0.481 e. The van der Waals surface area contributed by atoms with E-state index in [4.69, 9.17) is 11.5 Å². The molecule has 2 aromatic rings. The first-order chi connectivity index (χ1) is 14.2. The van der Waals surface area contributed by atoms with Gasteiger partial charge < -0.3 is 27.2 Å². The fourth-order valence-corrected chi connectivity index (χ4v) is 2.92. The van der Waals surface area contributed by atoms with Crippen molar-refractivity contribution < 1.29 is 19.5 Å². The minimum absolute atomic E-state index is 0.136. The Labute approximate surface area is 174 Å². The Morgan fingerprint density at radius 1 is 1.10 bits per heavy atom. The van der Waals surface area contributed by atoms with Crippen molar-refractivity contribution in [2.24, 2.45) is 16.5 Å². The van der Waals surface area contributed by atoms with Crippen LogP contribution >= 0.6 is 0 Å². The van der Waals surface area contributed by atoms with E-state index in [-0.39, 0.29) is 24.5 Å². The number of carboxylic acids is 1. The molecule has 0 saturated carbocycles. The molecular formula is C21H25N5O4. The molecule has 0 aliphatic rings. The Hall–Kier alpha value is -3.88. The fraction of sp³-hybridized carbons (Fsp3) is 0.238. The molecule has 158 valence electrons. The van der Waals surface area contributed by atoms with Crippen molar-refractivity contribution in [2.45, 2.75) is 26.3 Å². The van der Waals surface area contributed by atoms with Gasteiger partial charge in [0.05, 0.1) is 24.7 Å². The number of benzene rings is 2. The van der Waals surface area contributed by atoms with Crippen molar-refractivity contribution >= 4 is 29.4 Å². The number of nitrogens with one attached hydrogen (secondary N) is 2. The standard InChI is InChI=1S/C21H25N5O4/c1-12-6-7-13(2)16(8-12)17(10-19(28)29)26-18(27)11-24-20(30)14-4-3-5-15(9-14)25-21(22)23/h3-9,17H,10-11H2,1-2H3,(H,24,30)(H,26,27)(H,28,29)(H4,22,23,25). The van der Waals surface area contributed by atoms with Crippen LogP contribution in [0.2, 0.25) is 0 Å². The number of hydrogen-bond acceptors (Lipinski definition) is 4. The van der Waals surface area contributed by atoms with E-state index >= 15 is 0 Å². The molecule has 0 aliphatic heterocycles. The quantitative estimate of drug-likeness (QED) is 0.325. The predicted molar refractivity (Wildman–Crippen MR) is 113 cm³/mol. The summed E-state index contributed by atoms with van der Waals surface area (Å²) >= 11 is 0. The van der Waals surface area contributed by atoms with Crippen LogP contribution in [0.25, 0.3) is 0 Å². The summed E-state index contributed by atoms with van der Waals surface area (Å²) in [4.78, 5) is 39.8. The number of hydrogen-bond donors (Lipinski definition) is 5. The molecule has 0 aliphatic carbocycles. The summed E-state index contributed by atoms with van der Waals surface area (Å²) in [5.41, 5.74) is 13.9. The molecule has 0 aromatic heterocycles. The summed E-state index contributed by atoms with van der Waals surface area (Å²) in [5.74, 6) is -2.17. The van der Waals surface area contributed by atoms with E-state index in [9.17, 15) is 19.5 Å². The van der Waals surface area contributed by atoms with E-state index in [0.29, 0.717) is 5.69 Å². The maximum atomic E-state index is 12.4. The number of rotatable bonds is 8. The lowest BCUT2D eigenvalue weighted by Gasteiger charge is -2.20. The van der Waals surface area contributed by atoms with Crippen LogP contribution in [0.15, 0.2) is 47.5 Å². The maximum absolute atomic E-state index is 12.4. The van der Waals surface area contributed by atoms with E-state index in [0.717, 1.165) is 16.7 Å². The third kappa shape index (κ3) is 6.62. The molecule has 9 heteroatoms. The molecule has 0 fully saturated rings. The molecule has 0 saturated heterocycles. The Balaban J connectivity index is 2.05. The van der Waals surface area contributed by atoms with Crippen molar-refractivity contribution in [2.75, 3.05) is 6.54 Å². The summed E-state index contributed by atoms with van der Waals surface area (Å²) in [6.07, 6.45) is -0.273. The van der Waals surface area contributed by atoms with Crippen LogP contribution in [0, 0.1) is 13.8 Å². The normalized spacial score (nSPS) is 11.3. The fourth-order valence-electron chi connectivity index (χ4n) is 2.92. The topological polar surface area (TPSA) is 160 Å². The van der Waals surface area contributed by atoms with Gasteiger partial charge in [-0.3, -0.25) is 14.4 Å². The Bertz CT molecular complexity index is 983. The highest BCUT2D eigenvalue weighted by Crippen LogP contribution is 2.22. The lowest BCUT2D eigenvalue weighted by atomic mass is 9.96. The second-order valence-corrected chi connectivity index (χ2v) is 6.85. The number of aliphatic carboxylic acids is 1. The average Bonchev–Trinajstić information content (AvgIpc) is 2.67. The van der Waals surface area contributed by atoms with E-state index in [2.05, 4.69) is 15.6 Å². The van der Waals surface area contributed by atoms with Gasteiger partial charge in [-0.05, 0) is 43.2 Å². The van der Waals surface area contributed by atoms with E-state index < -0.39 is 23.8 Å². The molecule has 0 heterocycles. The van der Waals surface area contributed by atoms with Crippen LogP contribution in [-0.2, 0) is 9.59 Å². The number of guanidine groups is 1. The molecule has 0 radical (unpaired) electrons. The highest BCUT2D eigenvalue weighted by molar-refractivity contribution is 5.97. The van der Waals surface area contributed by atoms with Crippen molar-refractivity contribution in [3.05, 3.63) is 64.7 Å². The first-order valence-electron chi connectivity index (χ1n) is 9.22.